The van der Waals surface area contributed by atoms with E-state index in [0.717, 1.165) is 38.8 Å². The minimum atomic E-state index is -0.444. The van der Waals surface area contributed by atoms with Gasteiger partial charge in [-0.15, -0.1) is 0 Å². The fourth-order valence-electron chi connectivity index (χ4n) is 3.30. The molecule has 0 spiro atoms. The number of hydrogen-bond donors (Lipinski definition) is 1. The summed E-state index contributed by atoms with van der Waals surface area (Å²) in [6, 6.07) is 6.58. The lowest BCUT2D eigenvalue weighted by Gasteiger charge is -2.21. The van der Waals surface area contributed by atoms with Gasteiger partial charge in [-0.05, 0) is 43.0 Å². The van der Waals surface area contributed by atoms with Crippen molar-refractivity contribution in [2.24, 2.45) is 5.92 Å². The van der Waals surface area contributed by atoms with Crippen LogP contribution in [0.25, 0.3) is 0 Å². The second-order valence-corrected chi connectivity index (χ2v) is 7.75. The highest BCUT2D eigenvalue weighted by molar-refractivity contribution is 5.90. The Morgan fingerprint density at radius 2 is 1.83 bits per heavy atom. The zero-order chi connectivity index (χ0) is 21.5. The van der Waals surface area contributed by atoms with E-state index >= 15 is 0 Å². The van der Waals surface area contributed by atoms with Crippen LogP contribution in [0.2, 0.25) is 0 Å². The molecule has 0 aliphatic carbocycles. The largest absolute Gasteiger partial charge is 0.462 e. The van der Waals surface area contributed by atoms with Crippen LogP contribution < -0.4 is 10.2 Å². The third-order valence-electron chi connectivity index (χ3n) is 4.82. The standard InChI is InChI=1S/C21H27N5O4/c1-15(2)13-30-21(27)16-7-9-17(10-8-16)24-19-18(26(28)29)20(23-14-22-19)25-11-5-3-4-6-12-25/h7-10,14-15H,3-6,11-13H2,1-2H3,(H,22,23,24). The Hall–Kier alpha value is -3.23. The van der Waals surface area contributed by atoms with Crippen molar-refractivity contribution >= 4 is 29.0 Å². The molecule has 30 heavy (non-hydrogen) atoms. The fourth-order valence-corrected chi connectivity index (χ4v) is 3.30. The van der Waals surface area contributed by atoms with E-state index in [1.807, 2.05) is 18.7 Å². The number of anilines is 3. The lowest BCUT2D eigenvalue weighted by molar-refractivity contribution is -0.383. The summed E-state index contributed by atoms with van der Waals surface area (Å²) in [5.74, 6) is 0.330. The summed E-state index contributed by atoms with van der Waals surface area (Å²) in [5.41, 5.74) is 0.863. The van der Waals surface area contributed by atoms with Crippen molar-refractivity contribution in [3.05, 3.63) is 46.3 Å². The first-order valence-corrected chi connectivity index (χ1v) is 10.2. The van der Waals surface area contributed by atoms with E-state index < -0.39 is 10.9 Å². The van der Waals surface area contributed by atoms with Crippen molar-refractivity contribution in [3.63, 3.8) is 0 Å². The molecule has 3 rings (SSSR count). The van der Waals surface area contributed by atoms with Crippen LogP contribution in [0.4, 0.5) is 23.0 Å². The molecule has 1 saturated heterocycles. The molecule has 1 N–H and O–H groups in total. The molecule has 0 atom stereocenters. The smallest absolute Gasteiger partial charge is 0.353 e. The predicted octanol–water partition coefficient (Wildman–Crippen LogP) is 4.32. The van der Waals surface area contributed by atoms with Gasteiger partial charge in [0.1, 0.15) is 6.33 Å². The normalized spacial score (nSPS) is 14.3. The maximum Gasteiger partial charge on any atom is 0.353 e. The number of esters is 1. The summed E-state index contributed by atoms with van der Waals surface area (Å²) in [6.07, 6.45) is 5.54. The molecule has 9 nitrogen and oxygen atoms in total. The number of carbonyl (C=O) groups is 1. The number of aromatic nitrogens is 2. The van der Waals surface area contributed by atoms with Crippen molar-refractivity contribution in [2.75, 3.05) is 29.9 Å². The van der Waals surface area contributed by atoms with Gasteiger partial charge in [0.25, 0.3) is 0 Å². The lowest BCUT2D eigenvalue weighted by atomic mass is 10.2. The SMILES string of the molecule is CC(C)COC(=O)c1ccc(Nc2ncnc(N3CCCCCC3)c2[N+](=O)[O-])cc1. The van der Waals surface area contributed by atoms with Crippen molar-refractivity contribution in [3.8, 4) is 0 Å². The van der Waals surface area contributed by atoms with Crippen LogP contribution in [0.1, 0.15) is 49.9 Å². The van der Waals surface area contributed by atoms with Crippen LogP contribution in [0.3, 0.4) is 0 Å². The second kappa shape index (κ2) is 10.00. The van der Waals surface area contributed by atoms with Gasteiger partial charge < -0.3 is 15.0 Å². The monoisotopic (exact) mass is 413 g/mol. The third kappa shape index (κ3) is 5.43. The first-order valence-electron chi connectivity index (χ1n) is 10.2. The van der Waals surface area contributed by atoms with E-state index in [1.54, 1.807) is 24.3 Å². The molecule has 9 heteroatoms. The van der Waals surface area contributed by atoms with Crippen molar-refractivity contribution < 1.29 is 14.5 Å². The number of rotatable bonds is 7. The number of ether oxygens (including phenoxy) is 1. The van der Waals surface area contributed by atoms with Crippen molar-refractivity contribution in [1.82, 2.24) is 9.97 Å². The summed E-state index contributed by atoms with van der Waals surface area (Å²) in [4.78, 5) is 33.7. The third-order valence-corrected chi connectivity index (χ3v) is 4.82. The van der Waals surface area contributed by atoms with E-state index in [2.05, 4.69) is 15.3 Å². The van der Waals surface area contributed by atoms with Gasteiger partial charge in [-0.25, -0.2) is 14.8 Å². The fraction of sp³-hybridized carbons (Fsp3) is 0.476. The number of benzene rings is 1. The topological polar surface area (TPSA) is 110 Å². The minimum Gasteiger partial charge on any atom is -0.462 e. The summed E-state index contributed by atoms with van der Waals surface area (Å²) in [6.45, 7) is 5.77. The molecule has 0 radical (unpaired) electrons. The van der Waals surface area contributed by atoms with Gasteiger partial charge in [0, 0.05) is 18.8 Å². The summed E-state index contributed by atoms with van der Waals surface area (Å²) < 4.78 is 5.22. The Kier molecular flexibility index (Phi) is 7.16. The van der Waals surface area contributed by atoms with Gasteiger partial charge >= 0.3 is 11.7 Å². The van der Waals surface area contributed by atoms with Gasteiger partial charge in [-0.1, -0.05) is 26.7 Å². The van der Waals surface area contributed by atoms with E-state index in [1.165, 1.54) is 6.33 Å². The van der Waals surface area contributed by atoms with Gasteiger partial charge in [0.2, 0.25) is 11.6 Å². The molecule has 0 amide bonds. The molecule has 1 aliphatic heterocycles. The van der Waals surface area contributed by atoms with E-state index in [4.69, 9.17) is 4.74 Å². The Labute approximate surface area is 175 Å². The average Bonchev–Trinajstić information content (AvgIpc) is 3.01. The highest BCUT2D eigenvalue weighted by Gasteiger charge is 2.27. The zero-order valence-corrected chi connectivity index (χ0v) is 17.3. The number of hydrogen-bond acceptors (Lipinski definition) is 8. The van der Waals surface area contributed by atoms with Crippen LogP contribution in [-0.4, -0.2) is 40.6 Å². The van der Waals surface area contributed by atoms with E-state index in [9.17, 15) is 14.9 Å². The molecule has 0 bridgehead atoms. The maximum atomic E-state index is 12.1. The lowest BCUT2D eigenvalue weighted by Crippen LogP contribution is -2.26. The molecule has 1 fully saturated rings. The molecule has 0 unspecified atom stereocenters. The van der Waals surface area contributed by atoms with Crippen LogP contribution >= 0.6 is 0 Å². The van der Waals surface area contributed by atoms with Gasteiger partial charge in [0.05, 0.1) is 17.1 Å². The molecule has 2 aromatic rings. The average molecular weight is 413 g/mol. The summed E-state index contributed by atoms with van der Waals surface area (Å²) >= 11 is 0. The Morgan fingerprint density at radius 1 is 1.17 bits per heavy atom. The molecular weight excluding hydrogens is 386 g/mol. The van der Waals surface area contributed by atoms with E-state index in [-0.39, 0.29) is 17.4 Å². The summed E-state index contributed by atoms with van der Waals surface area (Å²) in [5, 5.41) is 14.8. The number of nitrogens with one attached hydrogen (secondary N) is 1. The molecule has 1 aromatic carbocycles. The van der Waals surface area contributed by atoms with Gasteiger partial charge in [0.15, 0.2) is 0 Å². The molecule has 160 valence electrons. The summed E-state index contributed by atoms with van der Waals surface area (Å²) in [7, 11) is 0. The molecule has 0 saturated carbocycles. The molecule has 1 aromatic heterocycles. The highest BCUT2D eigenvalue weighted by Crippen LogP contribution is 2.34. The van der Waals surface area contributed by atoms with Gasteiger partial charge in [-0.3, -0.25) is 10.1 Å². The van der Waals surface area contributed by atoms with Gasteiger partial charge in [-0.2, -0.15) is 0 Å². The van der Waals surface area contributed by atoms with Crippen molar-refractivity contribution in [2.45, 2.75) is 39.5 Å². The quantitative estimate of drug-likeness (QED) is 0.406. The number of carbonyl (C=O) groups excluding carboxylic acids is 1. The van der Waals surface area contributed by atoms with Crippen LogP contribution in [0, 0.1) is 16.0 Å². The second-order valence-electron chi connectivity index (χ2n) is 7.75. The minimum absolute atomic E-state index is 0.129. The first-order chi connectivity index (χ1) is 14.5. The predicted molar refractivity (Wildman–Crippen MR) is 114 cm³/mol. The van der Waals surface area contributed by atoms with Crippen LogP contribution in [0.5, 0.6) is 0 Å². The zero-order valence-electron chi connectivity index (χ0n) is 17.3. The highest BCUT2D eigenvalue weighted by atomic mass is 16.6. The van der Waals surface area contributed by atoms with Crippen LogP contribution in [0.15, 0.2) is 30.6 Å². The maximum absolute atomic E-state index is 12.1. The van der Waals surface area contributed by atoms with Crippen molar-refractivity contribution in [1.29, 1.82) is 0 Å². The number of nitrogens with zero attached hydrogens (tertiary/aromatic N) is 4. The molecular formula is C21H27N5O4. The molecule has 2 heterocycles. The van der Waals surface area contributed by atoms with E-state index in [0.29, 0.717) is 23.7 Å². The Morgan fingerprint density at radius 3 is 2.43 bits per heavy atom. The first kappa shape index (κ1) is 21.5. The Balaban J connectivity index is 1.80. The van der Waals surface area contributed by atoms with Crippen LogP contribution in [-0.2, 0) is 4.74 Å². The molecule has 1 aliphatic rings. The number of nitro groups is 1. The Bertz CT molecular complexity index is 877.